The number of rotatable bonds is 15. The van der Waals surface area contributed by atoms with Gasteiger partial charge in [-0.3, -0.25) is 23.6 Å². The minimum Gasteiger partial charge on any atom is -0.497 e. The zero-order valence-corrected chi connectivity index (χ0v) is 38.9. The topological polar surface area (TPSA) is 177 Å². The van der Waals surface area contributed by atoms with Gasteiger partial charge in [0.05, 0.1) is 58.3 Å². The molecule has 22 heteroatoms. The normalized spacial score (nSPS) is 18.2. The molecular formula is C48H41ClF6N8O6S. The summed E-state index contributed by atoms with van der Waals surface area (Å²) >= 11 is 6.93. The largest absolute Gasteiger partial charge is 0.497 e. The Kier molecular flexibility index (Phi) is 11.4. The summed E-state index contributed by atoms with van der Waals surface area (Å²) in [5.74, 6) is -12.3. The van der Waals surface area contributed by atoms with Crippen LogP contribution in [0.4, 0.5) is 32.2 Å². The fraction of sp³-hybridized carbons (Fsp3) is 0.333. The summed E-state index contributed by atoms with van der Waals surface area (Å²) in [6, 6.07) is 13.6. The molecule has 2 fully saturated rings. The van der Waals surface area contributed by atoms with Gasteiger partial charge in [0.25, 0.3) is 17.9 Å². The number of nitrogens with two attached hydrogens (primary N) is 1. The molecule has 4 aromatic carbocycles. The maximum absolute atomic E-state index is 16.4. The number of ether oxygens (including phenoxy) is 1. The van der Waals surface area contributed by atoms with Crippen LogP contribution in [0.3, 0.4) is 0 Å². The van der Waals surface area contributed by atoms with E-state index >= 15 is 22.4 Å². The lowest BCUT2D eigenvalue weighted by Gasteiger charge is -2.30. The van der Waals surface area contributed by atoms with Crippen molar-refractivity contribution >= 4 is 60.9 Å². The maximum atomic E-state index is 16.4. The number of primary amides is 1. The Hall–Kier alpha value is -6.74. The molecule has 1 amide bonds. The van der Waals surface area contributed by atoms with Crippen LogP contribution in [0.15, 0.2) is 77.6 Å². The first-order valence-electron chi connectivity index (χ1n) is 22.1. The molecule has 3 aromatic heterocycles. The predicted molar refractivity (Wildman–Crippen MR) is 245 cm³/mol. The van der Waals surface area contributed by atoms with Crippen molar-refractivity contribution in [2.24, 2.45) is 24.6 Å². The van der Waals surface area contributed by atoms with Crippen molar-refractivity contribution in [3.63, 3.8) is 0 Å². The monoisotopic (exact) mass is 1010 g/mol. The molecule has 0 aliphatic heterocycles. The van der Waals surface area contributed by atoms with Crippen LogP contribution in [0.1, 0.15) is 94.2 Å². The average Bonchev–Trinajstić information content (AvgIpc) is 3.79. The Morgan fingerprint density at radius 1 is 0.986 bits per heavy atom. The number of alkyl halides is 4. The number of aromatic nitrogens is 6. The number of aryl methyl sites for hydroxylation is 1. The van der Waals surface area contributed by atoms with E-state index in [1.54, 1.807) is 24.3 Å². The van der Waals surface area contributed by atoms with Crippen molar-refractivity contribution in [3.05, 3.63) is 139 Å². The summed E-state index contributed by atoms with van der Waals surface area (Å²) in [5.41, 5.74) is 3.08. The minimum absolute atomic E-state index is 0.000495. The number of methoxy groups -OCH3 is 1. The number of anilines is 1. The van der Waals surface area contributed by atoms with Gasteiger partial charge in [-0.25, -0.2) is 40.0 Å². The molecule has 2 saturated carbocycles. The Labute approximate surface area is 399 Å². The lowest BCUT2D eigenvalue weighted by Crippen LogP contribution is -2.39. The van der Waals surface area contributed by atoms with Gasteiger partial charge in [0, 0.05) is 36.1 Å². The summed E-state index contributed by atoms with van der Waals surface area (Å²) in [7, 11) is -1.27. The van der Waals surface area contributed by atoms with Gasteiger partial charge in [0.15, 0.2) is 11.6 Å². The van der Waals surface area contributed by atoms with Crippen LogP contribution in [-0.2, 0) is 40.8 Å². The standard InChI is InChI=1S/C48H41ClF6N8O6S/c1-60-40-35(14-13-33(49)37(40)46(59-60)61(70(3,67)68)21-22-7-10-28(69-2)11-8-22)62-45(57-34-18-25(9-12-29(34)47(62)66)41(64)24-5-4-6-24)31(17-23-15-26(50)19-27(51)16-23)39(44(56)65)63-42-36(38(58-63)43(52)53)30-20-32(30)48(42,54)55/h7-16,18-19,24,30-32,39,43H,4-6,17,20-21H2,1-3H3,(H2,56,65)/t30-,31-,32+,39?/m0/s1. The lowest BCUT2D eigenvalue weighted by atomic mass is 9.80. The van der Waals surface area contributed by atoms with Gasteiger partial charge in [-0.15, -0.1) is 0 Å². The van der Waals surface area contributed by atoms with Crippen LogP contribution in [0.2, 0.25) is 5.02 Å². The van der Waals surface area contributed by atoms with Gasteiger partial charge >= 0.3 is 0 Å². The molecule has 4 atom stereocenters. The first-order valence-corrected chi connectivity index (χ1v) is 24.3. The third-order valence-electron chi connectivity index (χ3n) is 13.7. The van der Waals surface area contributed by atoms with Gasteiger partial charge in [-0.2, -0.15) is 19.0 Å². The van der Waals surface area contributed by atoms with E-state index in [0.717, 1.165) is 33.7 Å². The van der Waals surface area contributed by atoms with E-state index in [2.05, 4.69) is 10.2 Å². The van der Waals surface area contributed by atoms with E-state index in [1.807, 2.05) is 0 Å². The van der Waals surface area contributed by atoms with Crippen molar-refractivity contribution in [3.8, 4) is 11.4 Å². The molecule has 14 nitrogen and oxygen atoms in total. The SMILES string of the molecule is COc1ccc(CN(c2nn(C)c3c(-n4c([C@@H](Cc5cc(F)cc(F)c5)C(C(N)=O)n5nc(C(F)F)c6c5C(F)(F)[C@@H]5C[C@H]65)nc5cc(C(=O)C6CCC6)ccc5c4=O)ccc(Cl)c23)S(C)(=O)=O)cc1. The van der Waals surface area contributed by atoms with Crippen molar-refractivity contribution in [1.29, 1.82) is 0 Å². The molecule has 3 aliphatic carbocycles. The molecular weight excluding hydrogens is 966 g/mol. The number of amides is 1. The zero-order chi connectivity index (χ0) is 49.9. The third-order valence-corrected chi connectivity index (χ3v) is 15.1. The first-order chi connectivity index (χ1) is 33.2. The van der Waals surface area contributed by atoms with Crippen LogP contribution in [0, 0.1) is 23.5 Å². The van der Waals surface area contributed by atoms with E-state index in [0.29, 0.717) is 34.9 Å². The first kappa shape index (κ1) is 47.0. The van der Waals surface area contributed by atoms with Crippen LogP contribution in [0.5, 0.6) is 5.75 Å². The molecule has 0 spiro atoms. The summed E-state index contributed by atoms with van der Waals surface area (Å²) in [6.45, 7) is -0.256. The summed E-state index contributed by atoms with van der Waals surface area (Å²) < 4.78 is 129. The molecule has 0 bridgehead atoms. The molecule has 10 rings (SSSR count). The summed E-state index contributed by atoms with van der Waals surface area (Å²) in [5, 5.41) is 8.41. The van der Waals surface area contributed by atoms with Crippen LogP contribution in [-0.4, -0.2) is 62.6 Å². The number of ketones is 1. The van der Waals surface area contributed by atoms with Gasteiger partial charge in [0.2, 0.25) is 15.9 Å². The molecule has 1 unspecified atom stereocenters. The smallest absolute Gasteiger partial charge is 0.293 e. The number of nitrogens with zero attached hydrogens (tertiary/aromatic N) is 7. The quantitative estimate of drug-likeness (QED) is 0.0779. The summed E-state index contributed by atoms with van der Waals surface area (Å²) in [4.78, 5) is 48.2. The number of fused-ring (bicyclic) bond motifs is 5. The molecule has 7 aromatic rings. The van der Waals surface area contributed by atoms with E-state index in [9.17, 15) is 26.8 Å². The van der Waals surface area contributed by atoms with Gasteiger partial charge in [-0.05, 0) is 91.3 Å². The number of benzene rings is 4. The maximum Gasteiger partial charge on any atom is 0.293 e. The Bertz CT molecular complexity index is 3490. The highest BCUT2D eigenvalue weighted by atomic mass is 35.5. The fourth-order valence-electron chi connectivity index (χ4n) is 10.1. The molecule has 3 aliphatic rings. The van der Waals surface area contributed by atoms with E-state index < -0.39 is 98.5 Å². The van der Waals surface area contributed by atoms with Gasteiger partial charge in [0.1, 0.15) is 40.6 Å². The highest BCUT2D eigenvalue weighted by Gasteiger charge is 2.68. The molecule has 364 valence electrons. The van der Waals surface area contributed by atoms with Crippen LogP contribution >= 0.6 is 11.6 Å². The number of hydrogen-bond acceptors (Lipinski definition) is 9. The molecule has 3 heterocycles. The number of sulfonamides is 1. The molecule has 2 N–H and O–H groups in total. The van der Waals surface area contributed by atoms with E-state index in [1.165, 1.54) is 49.2 Å². The second-order valence-corrected chi connectivity index (χ2v) is 20.4. The van der Waals surface area contributed by atoms with E-state index in [4.69, 9.17) is 27.1 Å². The van der Waals surface area contributed by atoms with Crippen molar-refractivity contribution in [2.75, 3.05) is 17.7 Å². The van der Waals surface area contributed by atoms with Gasteiger partial charge in [-0.1, -0.05) is 36.2 Å². The van der Waals surface area contributed by atoms with E-state index in [-0.39, 0.29) is 74.1 Å². The Morgan fingerprint density at radius 2 is 1.69 bits per heavy atom. The van der Waals surface area contributed by atoms with Crippen molar-refractivity contribution < 1.29 is 49.1 Å². The predicted octanol–water partition coefficient (Wildman–Crippen LogP) is 8.56. The number of hydrogen-bond donors (Lipinski definition) is 1. The number of halogens is 7. The number of Topliss-reactive ketones (excluding diaryl/α,β-unsaturated/α-hetero) is 1. The molecule has 0 saturated heterocycles. The van der Waals surface area contributed by atoms with Crippen LogP contribution < -0.4 is 20.3 Å². The average molecular weight is 1010 g/mol. The third kappa shape index (κ3) is 7.76. The van der Waals surface area contributed by atoms with Crippen LogP contribution in [0.25, 0.3) is 27.5 Å². The number of carbonyl (C=O) groups excluding carboxylic acids is 2. The second-order valence-electron chi connectivity index (χ2n) is 18.1. The Morgan fingerprint density at radius 3 is 2.30 bits per heavy atom. The van der Waals surface area contributed by atoms with Gasteiger partial charge < -0.3 is 10.5 Å². The fourth-order valence-corrected chi connectivity index (χ4v) is 11.2. The summed E-state index contributed by atoms with van der Waals surface area (Å²) in [6.07, 6.45) is -1.17. The zero-order valence-electron chi connectivity index (χ0n) is 37.3. The lowest BCUT2D eigenvalue weighted by molar-refractivity contribution is -0.122. The molecule has 0 radical (unpaired) electrons. The molecule has 70 heavy (non-hydrogen) atoms. The minimum atomic E-state index is -4.17. The highest BCUT2D eigenvalue weighted by Crippen LogP contribution is 2.68. The second kappa shape index (κ2) is 17.0. The number of carbonyl (C=O) groups is 2. The van der Waals surface area contributed by atoms with Crippen molar-refractivity contribution in [1.82, 2.24) is 29.1 Å². The highest BCUT2D eigenvalue weighted by molar-refractivity contribution is 7.92. The van der Waals surface area contributed by atoms with Crippen molar-refractivity contribution in [2.45, 2.75) is 68.9 Å². The Balaban J connectivity index is 1.27.